The van der Waals surface area contributed by atoms with Gasteiger partial charge in [0, 0.05) is 48.4 Å². The number of nitrogens with one attached hydrogen (secondary N) is 2. The highest BCUT2D eigenvalue weighted by atomic mass is 32.1. The van der Waals surface area contributed by atoms with E-state index in [1.165, 1.54) is 22.7 Å². The largest absolute Gasteiger partial charge is 0.395 e. The van der Waals surface area contributed by atoms with E-state index in [0.717, 1.165) is 10.4 Å². The van der Waals surface area contributed by atoms with Gasteiger partial charge in [0.05, 0.1) is 23.6 Å². The van der Waals surface area contributed by atoms with Gasteiger partial charge in [0.1, 0.15) is 5.52 Å². The van der Waals surface area contributed by atoms with Crippen LogP contribution in [0.25, 0.3) is 32.6 Å². The Bertz CT molecular complexity index is 1290. The lowest BCUT2D eigenvalue weighted by atomic mass is 10.0. The summed E-state index contributed by atoms with van der Waals surface area (Å²) in [6.45, 7) is 3.69. The van der Waals surface area contributed by atoms with E-state index in [2.05, 4.69) is 20.6 Å². The standard InChI is InChI=1S/C24H26FN5O3S2/c1-2-26-23(33)29-24-28-21-20(25)17(12-18(22(21)35-24)19-5-3-4-6-27-19)15-11-16(34-14-15)13-30(7-9-31)8-10-32/h3-6,11-12,14,31-32H,2,7-10,13H2,1H3,(H2,26,28,29,33). The van der Waals surface area contributed by atoms with Crippen molar-refractivity contribution in [2.24, 2.45) is 0 Å². The lowest BCUT2D eigenvalue weighted by Crippen LogP contribution is -2.28. The number of urea groups is 1. The zero-order valence-corrected chi connectivity index (χ0v) is 20.8. The number of aliphatic hydroxyl groups excluding tert-OH is 2. The molecule has 11 heteroatoms. The quantitative estimate of drug-likeness (QED) is 0.253. The van der Waals surface area contributed by atoms with Crippen LogP contribution >= 0.6 is 22.7 Å². The predicted molar refractivity (Wildman–Crippen MR) is 138 cm³/mol. The number of hydrogen-bond acceptors (Lipinski definition) is 8. The van der Waals surface area contributed by atoms with Gasteiger partial charge in [-0.2, -0.15) is 0 Å². The maximum atomic E-state index is 15.8. The fraction of sp³-hybridized carbons (Fsp3) is 0.292. The normalized spacial score (nSPS) is 11.3. The number of thiophene rings is 1. The third-order valence-electron chi connectivity index (χ3n) is 5.28. The summed E-state index contributed by atoms with van der Waals surface area (Å²) in [6, 6.07) is 8.83. The van der Waals surface area contributed by atoms with Crippen LogP contribution in [0.3, 0.4) is 0 Å². The molecule has 0 saturated carbocycles. The van der Waals surface area contributed by atoms with Gasteiger partial charge in [0.15, 0.2) is 10.9 Å². The van der Waals surface area contributed by atoms with Crippen LogP contribution in [0, 0.1) is 5.82 Å². The molecule has 0 unspecified atom stereocenters. The van der Waals surface area contributed by atoms with Gasteiger partial charge in [-0.25, -0.2) is 14.2 Å². The summed E-state index contributed by atoms with van der Waals surface area (Å²) in [5.41, 5.74) is 2.69. The van der Waals surface area contributed by atoms with E-state index in [0.29, 0.717) is 52.8 Å². The zero-order chi connectivity index (χ0) is 24.8. The van der Waals surface area contributed by atoms with E-state index in [1.54, 1.807) is 12.3 Å². The SMILES string of the molecule is CCNC(=O)Nc1nc2c(F)c(-c3csc(CN(CCO)CCO)c3)cc(-c3ccccn3)c2s1. The lowest BCUT2D eigenvalue weighted by molar-refractivity contribution is 0.157. The van der Waals surface area contributed by atoms with E-state index < -0.39 is 11.8 Å². The van der Waals surface area contributed by atoms with Gasteiger partial charge >= 0.3 is 6.03 Å². The molecule has 35 heavy (non-hydrogen) atoms. The number of pyridine rings is 1. The van der Waals surface area contributed by atoms with Crippen LogP contribution in [-0.2, 0) is 6.54 Å². The molecule has 0 aliphatic rings. The second-order valence-corrected chi connectivity index (χ2v) is 9.70. The first kappa shape index (κ1) is 25.1. The number of carbonyl (C=O) groups excluding carboxylic acids is 1. The number of benzene rings is 1. The second-order valence-electron chi connectivity index (χ2n) is 7.71. The number of fused-ring (bicyclic) bond motifs is 1. The fourth-order valence-electron chi connectivity index (χ4n) is 3.71. The third-order valence-corrected chi connectivity index (χ3v) is 7.21. The summed E-state index contributed by atoms with van der Waals surface area (Å²) in [5.74, 6) is -0.466. The number of aromatic nitrogens is 2. The number of carbonyl (C=O) groups is 1. The topological polar surface area (TPSA) is 111 Å². The first-order valence-corrected chi connectivity index (χ1v) is 12.8. The van der Waals surface area contributed by atoms with Gasteiger partial charge in [-0.3, -0.25) is 15.2 Å². The number of rotatable bonds is 10. The van der Waals surface area contributed by atoms with Crippen LogP contribution in [0.2, 0.25) is 0 Å². The molecule has 0 fully saturated rings. The summed E-state index contributed by atoms with van der Waals surface area (Å²) in [5, 5.41) is 26.1. The van der Waals surface area contributed by atoms with Gasteiger partial charge in [0.2, 0.25) is 0 Å². The molecule has 4 rings (SSSR count). The molecule has 0 atom stereocenters. The molecule has 0 aliphatic heterocycles. The minimum Gasteiger partial charge on any atom is -0.395 e. The van der Waals surface area contributed by atoms with Crippen molar-refractivity contribution < 1.29 is 19.4 Å². The Hall–Kier alpha value is -2.96. The van der Waals surface area contributed by atoms with E-state index in [4.69, 9.17) is 0 Å². The number of amides is 2. The summed E-state index contributed by atoms with van der Waals surface area (Å²) in [6.07, 6.45) is 1.68. The Morgan fingerprint density at radius 1 is 1.17 bits per heavy atom. The average molecular weight is 516 g/mol. The van der Waals surface area contributed by atoms with E-state index in [1.807, 2.05) is 41.5 Å². The van der Waals surface area contributed by atoms with Crippen LogP contribution in [-0.4, -0.2) is 64.0 Å². The van der Waals surface area contributed by atoms with Crippen molar-refractivity contribution in [3.05, 3.63) is 52.6 Å². The summed E-state index contributed by atoms with van der Waals surface area (Å²) < 4.78 is 16.4. The molecule has 0 spiro atoms. The van der Waals surface area contributed by atoms with Crippen molar-refractivity contribution in [2.45, 2.75) is 13.5 Å². The molecular weight excluding hydrogens is 489 g/mol. The molecule has 184 valence electrons. The van der Waals surface area contributed by atoms with Crippen molar-refractivity contribution in [2.75, 3.05) is 38.2 Å². The van der Waals surface area contributed by atoms with E-state index in [9.17, 15) is 15.0 Å². The second kappa shape index (κ2) is 11.6. The first-order valence-electron chi connectivity index (χ1n) is 11.1. The number of thiazole rings is 1. The number of halogens is 1. The molecule has 3 aromatic heterocycles. The monoisotopic (exact) mass is 515 g/mol. The van der Waals surface area contributed by atoms with Gasteiger partial charge in [0.25, 0.3) is 0 Å². The van der Waals surface area contributed by atoms with Crippen molar-refractivity contribution in [1.29, 1.82) is 0 Å². The van der Waals surface area contributed by atoms with Crippen molar-refractivity contribution in [1.82, 2.24) is 20.2 Å². The molecule has 4 aromatic rings. The Labute approximate surface area is 210 Å². The molecular formula is C24H26FN5O3S2. The number of hydrogen-bond donors (Lipinski definition) is 4. The third kappa shape index (κ3) is 5.82. The highest BCUT2D eigenvalue weighted by Crippen LogP contribution is 2.41. The van der Waals surface area contributed by atoms with Gasteiger partial charge in [-0.15, -0.1) is 11.3 Å². The molecule has 0 bridgehead atoms. The highest BCUT2D eigenvalue weighted by Gasteiger charge is 2.21. The molecule has 2 amide bonds. The van der Waals surface area contributed by atoms with Crippen molar-refractivity contribution >= 4 is 44.1 Å². The highest BCUT2D eigenvalue weighted by molar-refractivity contribution is 7.22. The number of aliphatic hydroxyl groups is 2. The molecule has 0 aliphatic carbocycles. The Kier molecular flexibility index (Phi) is 8.37. The number of nitrogens with zero attached hydrogens (tertiary/aromatic N) is 3. The Morgan fingerprint density at radius 2 is 1.97 bits per heavy atom. The predicted octanol–water partition coefficient (Wildman–Crippen LogP) is 4.15. The van der Waals surface area contributed by atoms with Crippen molar-refractivity contribution in [3.63, 3.8) is 0 Å². The zero-order valence-electron chi connectivity index (χ0n) is 19.1. The lowest BCUT2D eigenvalue weighted by Gasteiger charge is -2.18. The maximum Gasteiger partial charge on any atom is 0.321 e. The molecule has 8 nitrogen and oxygen atoms in total. The van der Waals surface area contributed by atoms with Crippen LogP contribution < -0.4 is 10.6 Å². The molecule has 3 heterocycles. The van der Waals surface area contributed by atoms with Gasteiger partial charge < -0.3 is 15.5 Å². The van der Waals surface area contributed by atoms with E-state index in [-0.39, 0.29) is 18.7 Å². The fourth-order valence-corrected chi connectivity index (χ4v) is 5.61. The summed E-state index contributed by atoms with van der Waals surface area (Å²) >= 11 is 2.69. The molecule has 4 N–H and O–H groups in total. The molecule has 1 aromatic carbocycles. The number of anilines is 1. The van der Waals surface area contributed by atoms with Crippen LogP contribution in [0.5, 0.6) is 0 Å². The Balaban J connectivity index is 1.76. The minimum absolute atomic E-state index is 0.00651. The van der Waals surface area contributed by atoms with E-state index >= 15 is 4.39 Å². The van der Waals surface area contributed by atoms with Crippen molar-refractivity contribution in [3.8, 4) is 22.4 Å². The smallest absolute Gasteiger partial charge is 0.321 e. The molecule has 0 radical (unpaired) electrons. The summed E-state index contributed by atoms with van der Waals surface area (Å²) in [4.78, 5) is 23.8. The molecule has 0 saturated heterocycles. The Morgan fingerprint density at radius 3 is 2.66 bits per heavy atom. The van der Waals surface area contributed by atoms with Crippen LogP contribution in [0.1, 0.15) is 11.8 Å². The van der Waals surface area contributed by atoms with Crippen LogP contribution in [0.4, 0.5) is 14.3 Å². The average Bonchev–Trinajstić information content (AvgIpc) is 3.48. The van der Waals surface area contributed by atoms with Gasteiger partial charge in [-0.1, -0.05) is 17.4 Å². The van der Waals surface area contributed by atoms with Gasteiger partial charge in [-0.05, 0) is 42.1 Å². The minimum atomic E-state index is -0.466. The maximum absolute atomic E-state index is 15.8. The van der Waals surface area contributed by atoms with Crippen LogP contribution in [0.15, 0.2) is 41.9 Å². The summed E-state index contributed by atoms with van der Waals surface area (Å²) in [7, 11) is 0. The first-order chi connectivity index (χ1) is 17.0.